The number of nitrogens with zero attached hydrogens (tertiary/aromatic N) is 1. The summed E-state index contributed by atoms with van der Waals surface area (Å²) in [6, 6.07) is 10.2. The SMILES string of the molecule is Cc1cccc(NC(=O)c2cncc(NC3CCCCCC3)c2)c1. The monoisotopic (exact) mass is 323 g/mol. The number of amides is 1. The molecular weight excluding hydrogens is 298 g/mol. The minimum Gasteiger partial charge on any atom is -0.381 e. The van der Waals surface area contributed by atoms with Gasteiger partial charge in [-0.15, -0.1) is 0 Å². The zero-order valence-corrected chi connectivity index (χ0v) is 14.2. The number of anilines is 2. The zero-order chi connectivity index (χ0) is 16.8. The number of pyridine rings is 1. The summed E-state index contributed by atoms with van der Waals surface area (Å²) in [5, 5.41) is 6.48. The Morgan fingerprint density at radius 2 is 1.83 bits per heavy atom. The van der Waals surface area contributed by atoms with Crippen LogP contribution < -0.4 is 10.6 Å². The van der Waals surface area contributed by atoms with E-state index < -0.39 is 0 Å². The normalized spacial score (nSPS) is 15.5. The molecule has 4 heteroatoms. The molecule has 1 aliphatic carbocycles. The van der Waals surface area contributed by atoms with E-state index in [1.165, 1.54) is 38.5 Å². The third-order valence-electron chi connectivity index (χ3n) is 4.50. The number of benzene rings is 1. The van der Waals surface area contributed by atoms with Crippen molar-refractivity contribution >= 4 is 17.3 Å². The van der Waals surface area contributed by atoms with E-state index in [2.05, 4.69) is 15.6 Å². The highest BCUT2D eigenvalue weighted by atomic mass is 16.1. The standard InChI is InChI=1S/C20H25N3O/c1-15-7-6-10-18(11-15)23-20(24)16-12-19(14-21-13-16)22-17-8-4-2-3-5-9-17/h6-7,10-14,17,22H,2-5,8-9H2,1H3,(H,23,24). The molecule has 0 unspecified atom stereocenters. The average molecular weight is 323 g/mol. The molecule has 1 heterocycles. The summed E-state index contributed by atoms with van der Waals surface area (Å²) < 4.78 is 0. The van der Waals surface area contributed by atoms with E-state index in [1.54, 1.807) is 12.4 Å². The van der Waals surface area contributed by atoms with Gasteiger partial charge in [-0.3, -0.25) is 9.78 Å². The van der Waals surface area contributed by atoms with Crippen molar-refractivity contribution in [1.29, 1.82) is 0 Å². The smallest absolute Gasteiger partial charge is 0.257 e. The van der Waals surface area contributed by atoms with Crippen LogP contribution in [0, 0.1) is 6.92 Å². The van der Waals surface area contributed by atoms with E-state index in [-0.39, 0.29) is 5.91 Å². The molecule has 0 bridgehead atoms. The van der Waals surface area contributed by atoms with Gasteiger partial charge in [-0.25, -0.2) is 0 Å². The summed E-state index contributed by atoms with van der Waals surface area (Å²) >= 11 is 0. The first kappa shape index (κ1) is 16.5. The zero-order valence-electron chi connectivity index (χ0n) is 14.2. The van der Waals surface area contributed by atoms with Gasteiger partial charge in [0, 0.05) is 24.1 Å². The van der Waals surface area contributed by atoms with Gasteiger partial charge in [-0.2, -0.15) is 0 Å². The van der Waals surface area contributed by atoms with Crippen molar-refractivity contribution in [3.05, 3.63) is 53.9 Å². The molecule has 2 N–H and O–H groups in total. The number of aromatic nitrogens is 1. The number of rotatable bonds is 4. The summed E-state index contributed by atoms with van der Waals surface area (Å²) in [6.07, 6.45) is 11.0. The maximum atomic E-state index is 12.4. The number of aryl methyl sites for hydroxylation is 1. The molecule has 1 aliphatic rings. The van der Waals surface area contributed by atoms with Gasteiger partial charge in [0.15, 0.2) is 0 Å². The van der Waals surface area contributed by atoms with Gasteiger partial charge in [0.25, 0.3) is 5.91 Å². The maximum Gasteiger partial charge on any atom is 0.257 e. The van der Waals surface area contributed by atoms with Gasteiger partial charge >= 0.3 is 0 Å². The Morgan fingerprint density at radius 3 is 2.58 bits per heavy atom. The van der Waals surface area contributed by atoms with Gasteiger partial charge in [-0.1, -0.05) is 37.8 Å². The summed E-state index contributed by atoms with van der Waals surface area (Å²) in [6.45, 7) is 2.01. The molecule has 1 fully saturated rings. The Kier molecular flexibility index (Phi) is 5.47. The predicted molar refractivity (Wildman–Crippen MR) is 98.5 cm³/mol. The second-order valence-corrected chi connectivity index (χ2v) is 6.62. The van der Waals surface area contributed by atoms with Crippen molar-refractivity contribution in [2.24, 2.45) is 0 Å². The van der Waals surface area contributed by atoms with Gasteiger partial charge in [0.2, 0.25) is 0 Å². The average Bonchev–Trinajstić information content (AvgIpc) is 2.84. The molecule has 0 saturated heterocycles. The molecule has 24 heavy (non-hydrogen) atoms. The van der Waals surface area contributed by atoms with E-state index in [0.29, 0.717) is 11.6 Å². The van der Waals surface area contributed by atoms with Crippen LogP contribution in [-0.2, 0) is 0 Å². The molecule has 0 aliphatic heterocycles. The fourth-order valence-corrected chi connectivity index (χ4v) is 3.23. The fraction of sp³-hybridized carbons (Fsp3) is 0.400. The van der Waals surface area contributed by atoms with Crippen LogP contribution in [0.3, 0.4) is 0 Å². The second kappa shape index (κ2) is 7.95. The molecule has 126 valence electrons. The minimum absolute atomic E-state index is 0.127. The number of hydrogen-bond donors (Lipinski definition) is 2. The van der Waals surface area contributed by atoms with Crippen LogP contribution in [0.5, 0.6) is 0 Å². The van der Waals surface area contributed by atoms with Crippen LogP contribution >= 0.6 is 0 Å². The van der Waals surface area contributed by atoms with Crippen LogP contribution in [0.25, 0.3) is 0 Å². The van der Waals surface area contributed by atoms with Gasteiger partial charge in [0.05, 0.1) is 11.3 Å². The third-order valence-corrected chi connectivity index (χ3v) is 4.50. The molecule has 0 atom stereocenters. The van der Waals surface area contributed by atoms with Crippen LogP contribution in [0.1, 0.15) is 54.4 Å². The molecule has 1 amide bonds. The largest absolute Gasteiger partial charge is 0.381 e. The van der Waals surface area contributed by atoms with E-state index in [4.69, 9.17) is 0 Å². The molecule has 2 aromatic rings. The number of nitrogens with one attached hydrogen (secondary N) is 2. The highest BCUT2D eigenvalue weighted by molar-refractivity contribution is 6.04. The van der Waals surface area contributed by atoms with Crippen LogP contribution in [0.2, 0.25) is 0 Å². The van der Waals surface area contributed by atoms with Crippen LogP contribution in [0.15, 0.2) is 42.7 Å². The lowest BCUT2D eigenvalue weighted by molar-refractivity contribution is 0.102. The fourth-order valence-electron chi connectivity index (χ4n) is 3.23. The lowest BCUT2D eigenvalue weighted by Gasteiger charge is -2.17. The quantitative estimate of drug-likeness (QED) is 0.796. The second-order valence-electron chi connectivity index (χ2n) is 6.62. The van der Waals surface area contributed by atoms with Gasteiger partial charge in [0.1, 0.15) is 0 Å². The summed E-state index contributed by atoms with van der Waals surface area (Å²) in [4.78, 5) is 16.7. The molecule has 0 spiro atoms. The van der Waals surface area contributed by atoms with E-state index >= 15 is 0 Å². The summed E-state index contributed by atoms with van der Waals surface area (Å²) in [5.41, 5.74) is 3.44. The summed E-state index contributed by atoms with van der Waals surface area (Å²) in [7, 11) is 0. The van der Waals surface area contributed by atoms with Crippen molar-refractivity contribution in [1.82, 2.24) is 4.98 Å². The van der Waals surface area contributed by atoms with E-state index in [0.717, 1.165) is 16.9 Å². The van der Waals surface area contributed by atoms with E-state index in [9.17, 15) is 4.79 Å². The van der Waals surface area contributed by atoms with Gasteiger partial charge in [-0.05, 0) is 43.5 Å². The van der Waals surface area contributed by atoms with E-state index in [1.807, 2.05) is 37.3 Å². The molecule has 1 aromatic heterocycles. The number of hydrogen-bond acceptors (Lipinski definition) is 3. The Bertz CT molecular complexity index is 691. The predicted octanol–water partition coefficient (Wildman–Crippen LogP) is 4.78. The molecule has 3 rings (SSSR count). The molecule has 4 nitrogen and oxygen atoms in total. The maximum absolute atomic E-state index is 12.4. The van der Waals surface area contributed by atoms with Crippen molar-refractivity contribution in [3.63, 3.8) is 0 Å². The third kappa shape index (κ3) is 4.57. The molecule has 0 radical (unpaired) electrons. The Labute approximate surface area is 143 Å². The Morgan fingerprint density at radius 1 is 1.04 bits per heavy atom. The van der Waals surface area contributed by atoms with Crippen molar-refractivity contribution < 1.29 is 4.79 Å². The number of carbonyl (C=O) groups excluding carboxylic acids is 1. The van der Waals surface area contributed by atoms with Crippen molar-refractivity contribution in [2.75, 3.05) is 10.6 Å². The highest BCUT2D eigenvalue weighted by Gasteiger charge is 2.13. The first-order chi connectivity index (χ1) is 11.7. The molecule has 1 aromatic carbocycles. The topological polar surface area (TPSA) is 54.0 Å². The van der Waals surface area contributed by atoms with Crippen LogP contribution in [-0.4, -0.2) is 16.9 Å². The molecule has 1 saturated carbocycles. The first-order valence-electron chi connectivity index (χ1n) is 8.80. The first-order valence-corrected chi connectivity index (χ1v) is 8.80. The number of carbonyl (C=O) groups is 1. The lowest BCUT2D eigenvalue weighted by Crippen LogP contribution is -2.19. The van der Waals surface area contributed by atoms with Crippen molar-refractivity contribution in [2.45, 2.75) is 51.5 Å². The summed E-state index contributed by atoms with van der Waals surface area (Å²) in [5.74, 6) is -0.127. The minimum atomic E-state index is -0.127. The Balaban J connectivity index is 1.66. The Hall–Kier alpha value is -2.36. The van der Waals surface area contributed by atoms with Gasteiger partial charge < -0.3 is 10.6 Å². The molecular formula is C20H25N3O. The lowest BCUT2D eigenvalue weighted by atomic mass is 10.1. The van der Waals surface area contributed by atoms with Crippen LogP contribution in [0.4, 0.5) is 11.4 Å². The highest BCUT2D eigenvalue weighted by Crippen LogP contribution is 2.21. The van der Waals surface area contributed by atoms with Crippen molar-refractivity contribution in [3.8, 4) is 0 Å².